The third-order valence-electron chi connectivity index (χ3n) is 3.66. The fourth-order valence-corrected chi connectivity index (χ4v) is 3.98. The molecule has 0 amide bonds. The molecule has 1 unspecified atom stereocenters. The molecule has 1 atom stereocenters. The minimum absolute atomic E-state index is 0.147. The molecule has 3 rings (SSSR count). The molecular weight excluding hydrogens is 318 g/mol. The number of anilines is 1. The Kier molecular flexibility index (Phi) is 3.58. The molecule has 0 saturated carbocycles. The minimum Gasteiger partial charge on any atom is -0.382 e. The number of hydrogen-bond donors (Lipinski definition) is 2. The van der Waals surface area contributed by atoms with E-state index in [1.165, 1.54) is 6.34 Å². The van der Waals surface area contributed by atoms with Crippen molar-refractivity contribution in [1.82, 2.24) is 14.5 Å². The highest BCUT2D eigenvalue weighted by Crippen LogP contribution is 2.46. The number of pyridine rings is 2. The zero-order chi connectivity index (χ0) is 16.8. The molecule has 0 bridgehead atoms. The Bertz CT molecular complexity index is 910. The van der Waals surface area contributed by atoms with Crippen molar-refractivity contribution in [1.29, 1.82) is 0 Å². The SMILES string of the molecule is CC(C)C[N+]1(CS(=O)(=O)O)C=Nc2c(N)nc3cccnc3c21. The van der Waals surface area contributed by atoms with Crippen LogP contribution in [0.5, 0.6) is 0 Å². The monoisotopic (exact) mass is 336 g/mol. The van der Waals surface area contributed by atoms with Crippen molar-refractivity contribution >= 4 is 44.7 Å². The fourth-order valence-electron chi connectivity index (χ4n) is 3.09. The van der Waals surface area contributed by atoms with Crippen LogP contribution in [-0.4, -0.2) is 41.7 Å². The van der Waals surface area contributed by atoms with Gasteiger partial charge in [-0.1, -0.05) is 13.8 Å². The van der Waals surface area contributed by atoms with Gasteiger partial charge in [0.25, 0.3) is 0 Å². The van der Waals surface area contributed by atoms with Crippen molar-refractivity contribution in [3.05, 3.63) is 18.3 Å². The Balaban J connectivity index is 2.33. The fraction of sp³-hybridized carbons (Fsp3) is 0.357. The largest absolute Gasteiger partial charge is 0.382 e. The van der Waals surface area contributed by atoms with Gasteiger partial charge in [-0.2, -0.15) is 13.4 Å². The number of aromatic nitrogens is 2. The van der Waals surface area contributed by atoms with E-state index in [1.54, 1.807) is 18.3 Å². The van der Waals surface area contributed by atoms with Gasteiger partial charge < -0.3 is 5.73 Å². The second-order valence-corrected chi connectivity index (χ2v) is 7.55. The predicted octanol–water partition coefficient (Wildman–Crippen LogP) is 1.69. The smallest absolute Gasteiger partial charge is 0.317 e. The van der Waals surface area contributed by atoms with E-state index in [1.807, 2.05) is 13.8 Å². The van der Waals surface area contributed by atoms with E-state index in [9.17, 15) is 13.0 Å². The highest BCUT2D eigenvalue weighted by molar-refractivity contribution is 7.85. The van der Waals surface area contributed by atoms with Gasteiger partial charge in [-0.15, -0.1) is 0 Å². The summed E-state index contributed by atoms with van der Waals surface area (Å²) in [5.41, 5.74) is 8.07. The zero-order valence-corrected chi connectivity index (χ0v) is 13.7. The van der Waals surface area contributed by atoms with Crippen molar-refractivity contribution in [3.8, 4) is 0 Å². The molecule has 0 spiro atoms. The molecular formula is C14H18N5O3S+. The van der Waals surface area contributed by atoms with E-state index in [0.29, 0.717) is 29.0 Å². The highest BCUT2D eigenvalue weighted by atomic mass is 32.2. The van der Waals surface area contributed by atoms with E-state index >= 15 is 0 Å². The number of nitrogens with two attached hydrogens (primary N) is 1. The first kappa shape index (κ1) is 15.8. The van der Waals surface area contributed by atoms with Crippen LogP contribution in [0.25, 0.3) is 11.0 Å². The Labute approximate surface area is 134 Å². The number of rotatable bonds is 4. The molecule has 8 nitrogen and oxygen atoms in total. The summed E-state index contributed by atoms with van der Waals surface area (Å²) in [7, 11) is -4.24. The number of hydrogen-bond acceptors (Lipinski definition) is 6. The van der Waals surface area contributed by atoms with Crippen molar-refractivity contribution in [2.24, 2.45) is 10.9 Å². The van der Waals surface area contributed by atoms with Crippen molar-refractivity contribution in [2.75, 3.05) is 18.2 Å². The summed E-state index contributed by atoms with van der Waals surface area (Å²) in [6, 6.07) is 3.49. The summed E-state index contributed by atoms with van der Waals surface area (Å²) < 4.78 is 32.5. The number of fused-ring (bicyclic) bond motifs is 3. The van der Waals surface area contributed by atoms with Crippen LogP contribution in [0.15, 0.2) is 23.3 Å². The number of aliphatic imine (C=N–C) groups is 1. The average Bonchev–Trinajstić information content (AvgIpc) is 2.76. The van der Waals surface area contributed by atoms with Crippen LogP contribution in [0.1, 0.15) is 13.8 Å². The predicted molar refractivity (Wildman–Crippen MR) is 90.0 cm³/mol. The topological polar surface area (TPSA) is 119 Å². The Morgan fingerprint density at radius 3 is 2.78 bits per heavy atom. The first-order chi connectivity index (χ1) is 10.7. The molecule has 9 heteroatoms. The summed E-state index contributed by atoms with van der Waals surface area (Å²) in [5.74, 6) is -0.144. The summed E-state index contributed by atoms with van der Waals surface area (Å²) in [5, 5.41) is 0. The highest BCUT2D eigenvalue weighted by Gasteiger charge is 2.44. The van der Waals surface area contributed by atoms with E-state index in [0.717, 1.165) is 0 Å². The molecule has 1 aliphatic heterocycles. The lowest BCUT2D eigenvalue weighted by atomic mass is 10.1. The Morgan fingerprint density at radius 1 is 1.39 bits per heavy atom. The van der Waals surface area contributed by atoms with Gasteiger partial charge in [0.05, 0.1) is 12.1 Å². The maximum Gasteiger partial charge on any atom is 0.317 e. The van der Waals surface area contributed by atoms with Crippen LogP contribution >= 0.6 is 0 Å². The second-order valence-electron chi connectivity index (χ2n) is 6.13. The maximum absolute atomic E-state index is 11.6. The van der Waals surface area contributed by atoms with Crippen molar-refractivity contribution in [2.45, 2.75) is 13.8 Å². The van der Waals surface area contributed by atoms with Gasteiger partial charge in [0, 0.05) is 12.1 Å². The summed E-state index contributed by atoms with van der Waals surface area (Å²) in [6.45, 7) is 4.37. The molecule has 1 aliphatic rings. The lowest BCUT2D eigenvalue weighted by Gasteiger charge is -2.31. The third-order valence-corrected chi connectivity index (χ3v) is 4.44. The van der Waals surface area contributed by atoms with Crippen molar-refractivity contribution < 1.29 is 13.0 Å². The number of quaternary nitrogens is 1. The lowest BCUT2D eigenvalue weighted by molar-refractivity contribution is 0.391. The molecule has 0 fully saturated rings. The summed E-state index contributed by atoms with van der Waals surface area (Å²) >= 11 is 0. The normalized spacial score (nSPS) is 20.3. The Morgan fingerprint density at radius 2 is 2.13 bits per heavy atom. The minimum atomic E-state index is -4.24. The van der Waals surface area contributed by atoms with Crippen LogP contribution in [0.3, 0.4) is 0 Å². The number of nitrogens with zero attached hydrogens (tertiary/aromatic N) is 4. The van der Waals surface area contributed by atoms with E-state index in [4.69, 9.17) is 5.73 Å². The molecule has 0 aliphatic carbocycles. The summed E-state index contributed by atoms with van der Waals surface area (Å²) in [4.78, 5) is 12.9. The molecule has 3 heterocycles. The molecule has 0 saturated heterocycles. The van der Waals surface area contributed by atoms with Crippen LogP contribution < -0.4 is 10.2 Å². The van der Waals surface area contributed by atoms with Crippen molar-refractivity contribution in [3.63, 3.8) is 0 Å². The first-order valence-corrected chi connectivity index (χ1v) is 8.75. The van der Waals surface area contributed by atoms with E-state index < -0.39 is 16.0 Å². The van der Waals surface area contributed by atoms with Gasteiger partial charge in [0.1, 0.15) is 0 Å². The van der Waals surface area contributed by atoms with Crippen LogP contribution in [0.2, 0.25) is 0 Å². The Hall–Kier alpha value is -2.10. The van der Waals surface area contributed by atoms with Crippen LogP contribution in [0, 0.1) is 5.92 Å². The number of nitrogen functional groups attached to an aromatic ring is 1. The van der Waals surface area contributed by atoms with E-state index in [-0.39, 0.29) is 16.2 Å². The molecule has 0 radical (unpaired) electrons. The van der Waals surface area contributed by atoms with Crippen LogP contribution in [0.4, 0.5) is 17.2 Å². The average molecular weight is 336 g/mol. The molecule has 2 aromatic rings. The third kappa shape index (κ3) is 2.78. The lowest BCUT2D eigenvalue weighted by Crippen LogP contribution is -2.52. The first-order valence-electron chi connectivity index (χ1n) is 7.14. The molecule has 3 N–H and O–H groups in total. The van der Waals surface area contributed by atoms with Gasteiger partial charge in [0.15, 0.2) is 29.0 Å². The van der Waals surface area contributed by atoms with Crippen LogP contribution in [-0.2, 0) is 10.1 Å². The molecule has 23 heavy (non-hydrogen) atoms. The second kappa shape index (κ2) is 5.22. The quantitative estimate of drug-likeness (QED) is 0.648. The van der Waals surface area contributed by atoms with Gasteiger partial charge in [-0.05, 0) is 12.1 Å². The molecule has 0 aromatic carbocycles. The maximum atomic E-state index is 11.6. The van der Waals surface area contributed by atoms with Gasteiger partial charge >= 0.3 is 10.1 Å². The zero-order valence-electron chi connectivity index (χ0n) is 12.8. The molecule has 122 valence electrons. The van der Waals surface area contributed by atoms with Gasteiger partial charge in [-0.25, -0.2) is 14.5 Å². The van der Waals surface area contributed by atoms with E-state index in [2.05, 4.69) is 15.0 Å². The van der Waals surface area contributed by atoms with Gasteiger partial charge in [-0.3, -0.25) is 4.55 Å². The molecule has 2 aromatic heterocycles. The summed E-state index contributed by atoms with van der Waals surface area (Å²) in [6.07, 6.45) is 3.11. The standard InChI is InChI=1S/C14H17N5O3S/c1-9(2)6-19(8-23(20,21)22)7-17-12-13(19)11-10(18-14(12)15)4-3-5-16-11/h3-5,7,9H,6,8H2,1-2H3,(H2-,15,18,20,21,22)/p+1. The van der Waals surface area contributed by atoms with Gasteiger partial charge in [0.2, 0.25) is 5.88 Å².